The number of hydrogen-bond donors (Lipinski definition) is 1. The maximum Gasteiger partial charge on any atom is 0.0801 e. The van der Waals surface area contributed by atoms with Gasteiger partial charge in [0.05, 0.1) is 16.9 Å². The maximum absolute atomic E-state index is 6.27. The third-order valence-corrected chi connectivity index (χ3v) is 3.92. The van der Waals surface area contributed by atoms with Crippen molar-refractivity contribution in [2.24, 2.45) is 0 Å². The van der Waals surface area contributed by atoms with Gasteiger partial charge in [0.2, 0.25) is 0 Å². The van der Waals surface area contributed by atoms with Crippen LogP contribution in [0.4, 0.5) is 5.69 Å². The molecule has 0 bridgehead atoms. The molecule has 0 aliphatic carbocycles. The topological polar surface area (TPSA) is 47.1 Å². The van der Waals surface area contributed by atoms with E-state index in [1.807, 2.05) is 29.2 Å². The number of nitrogens with zero attached hydrogens (tertiary/aromatic N) is 3. The van der Waals surface area contributed by atoms with Gasteiger partial charge in [-0.2, -0.15) is 5.10 Å². The molecule has 4 nitrogen and oxygen atoms in total. The van der Waals surface area contributed by atoms with E-state index in [9.17, 15) is 0 Å². The first kappa shape index (κ1) is 14.7. The number of rotatable bonds is 4. The van der Waals surface area contributed by atoms with E-state index in [0.717, 1.165) is 36.3 Å². The standard InChI is InChI=1S/C17H19ClN4/c1-2-7-21-8-3-4-15(12-21)22-11-13(10-20-22)16-6-5-14(19)9-17(16)18/h3-6,9-12H,2,7-8,19H2,1H3. The summed E-state index contributed by atoms with van der Waals surface area (Å²) in [5.41, 5.74) is 9.37. The SMILES string of the molecule is CCCN1C=C(n2cc(-c3ccc(N)cc3Cl)cn2)C=CC1. The van der Waals surface area contributed by atoms with Gasteiger partial charge in [0.15, 0.2) is 0 Å². The first-order valence-corrected chi connectivity index (χ1v) is 7.78. The van der Waals surface area contributed by atoms with E-state index in [-0.39, 0.29) is 0 Å². The van der Waals surface area contributed by atoms with Gasteiger partial charge in [-0.1, -0.05) is 30.7 Å². The predicted molar refractivity (Wildman–Crippen MR) is 92.4 cm³/mol. The Balaban J connectivity index is 1.89. The largest absolute Gasteiger partial charge is 0.399 e. The molecule has 0 amide bonds. The smallest absolute Gasteiger partial charge is 0.0801 e. The molecule has 0 fully saturated rings. The zero-order valence-electron chi connectivity index (χ0n) is 12.5. The van der Waals surface area contributed by atoms with Gasteiger partial charge < -0.3 is 10.6 Å². The lowest BCUT2D eigenvalue weighted by Crippen LogP contribution is -2.21. The summed E-state index contributed by atoms with van der Waals surface area (Å²) in [7, 11) is 0. The maximum atomic E-state index is 6.27. The van der Waals surface area contributed by atoms with Gasteiger partial charge >= 0.3 is 0 Å². The van der Waals surface area contributed by atoms with Gasteiger partial charge in [-0.3, -0.25) is 0 Å². The van der Waals surface area contributed by atoms with Gasteiger partial charge in [-0.25, -0.2) is 4.68 Å². The van der Waals surface area contributed by atoms with E-state index in [2.05, 4.69) is 35.3 Å². The minimum atomic E-state index is 0.639. The summed E-state index contributed by atoms with van der Waals surface area (Å²) in [5.74, 6) is 0. The van der Waals surface area contributed by atoms with E-state index in [4.69, 9.17) is 17.3 Å². The first-order chi connectivity index (χ1) is 10.7. The van der Waals surface area contributed by atoms with Crippen LogP contribution in [0.3, 0.4) is 0 Å². The number of nitrogen functional groups attached to an aromatic ring is 1. The quantitative estimate of drug-likeness (QED) is 0.872. The van der Waals surface area contributed by atoms with Crippen LogP contribution in [-0.2, 0) is 0 Å². The molecular formula is C17H19ClN4. The molecule has 0 atom stereocenters. The highest BCUT2D eigenvalue weighted by Gasteiger charge is 2.10. The Kier molecular flexibility index (Phi) is 4.20. The summed E-state index contributed by atoms with van der Waals surface area (Å²) in [5, 5.41) is 5.09. The van der Waals surface area contributed by atoms with Gasteiger partial charge in [0.25, 0.3) is 0 Å². The number of aromatic nitrogens is 2. The Morgan fingerprint density at radius 3 is 3.00 bits per heavy atom. The second-order valence-corrected chi connectivity index (χ2v) is 5.77. The van der Waals surface area contributed by atoms with Crippen molar-refractivity contribution in [2.45, 2.75) is 13.3 Å². The average Bonchev–Trinajstić information content (AvgIpc) is 2.97. The van der Waals surface area contributed by atoms with Crippen molar-refractivity contribution in [3.63, 3.8) is 0 Å². The molecule has 1 aliphatic heterocycles. The fourth-order valence-corrected chi connectivity index (χ4v) is 2.84. The number of halogens is 1. The predicted octanol–water partition coefficient (Wildman–Crippen LogP) is 3.87. The zero-order chi connectivity index (χ0) is 15.5. The summed E-state index contributed by atoms with van der Waals surface area (Å²) in [4.78, 5) is 2.28. The molecule has 1 aromatic heterocycles. The Hall–Kier alpha value is -2.20. The van der Waals surface area contributed by atoms with Crippen LogP contribution in [0.2, 0.25) is 5.02 Å². The van der Waals surface area contributed by atoms with Crippen LogP contribution in [0, 0.1) is 0 Å². The molecule has 2 N–H and O–H groups in total. The van der Waals surface area contributed by atoms with Gasteiger partial charge in [-0.05, 0) is 24.6 Å². The molecule has 0 saturated heterocycles. The number of benzene rings is 1. The Bertz CT molecular complexity index is 730. The van der Waals surface area contributed by atoms with E-state index < -0.39 is 0 Å². The summed E-state index contributed by atoms with van der Waals surface area (Å²) in [6, 6.07) is 5.53. The number of anilines is 1. The molecule has 0 saturated carbocycles. The van der Waals surface area contributed by atoms with Crippen molar-refractivity contribution in [1.29, 1.82) is 0 Å². The van der Waals surface area contributed by atoms with E-state index >= 15 is 0 Å². The summed E-state index contributed by atoms with van der Waals surface area (Å²) in [6.07, 6.45) is 11.3. The molecule has 0 radical (unpaired) electrons. The monoisotopic (exact) mass is 314 g/mol. The molecular weight excluding hydrogens is 296 g/mol. The van der Waals surface area contributed by atoms with Crippen molar-refractivity contribution >= 4 is 23.0 Å². The van der Waals surface area contributed by atoms with Crippen LogP contribution < -0.4 is 5.73 Å². The second kappa shape index (κ2) is 6.28. The van der Waals surface area contributed by atoms with Crippen LogP contribution in [0.1, 0.15) is 13.3 Å². The van der Waals surface area contributed by atoms with E-state index in [1.54, 1.807) is 6.07 Å². The summed E-state index contributed by atoms with van der Waals surface area (Å²) < 4.78 is 1.88. The van der Waals surface area contributed by atoms with Crippen molar-refractivity contribution in [2.75, 3.05) is 18.8 Å². The Morgan fingerprint density at radius 1 is 1.36 bits per heavy atom. The highest BCUT2D eigenvalue weighted by atomic mass is 35.5. The molecule has 0 spiro atoms. The molecule has 2 heterocycles. The molecule has 114 valence electrons. The third-order valence-electron chi connectivity index (χ3n) is 3.61. The van der Waals surface area contributed by atoms with Crippen molar-refractivity contribution in [3.05, 3.63) is 54.0 Å². The fourth-order valence-electron chi connectivity index (χ4n) is 2.54. The second-order valence-electron chi connectivity index (χ2n) is 5.36. The van der Waals surface area contributed by atoms with Crippen LogP contribution in [0.25, 0.3) is 16.8 Å². The van der Waals surface area contributed by atoms with Crippen LogP contribution in [0.15, 0.2) is 48.9 Å². The molecule has 1 aliphatic rings. The molecule has 5 heteroatoms. The molecule has 1 aromatic carbocycles. The third kappa shape index (κ3) is 3.02. The fraction of sp³-hybridized carbons (Fsp3) is 0.235. The van der Waals surface area contributed by atoms with Crippen LogP contribution in [-0.4, -0.2) is 27.8 Å². The highest BCUT2D eigenvalue weighted by Crippen LogP contribution is 2.29. The van der Waals surface area contributed by atoms with Crippen LogP contribution >= 0.6 is 11.6 Å². The average molecular weight is 315 g/mol. The lowest BCUT2D eigenvalue weighted by molar-refractivity contribution is 0.410. The van der Waals surface area contributed by atoms with Gasteiger partial charge in [-0.15, -0.1) is 0 Å². The molecule has 2 aromatic rings. The lowest BCUT2D eigenvalue weighted by Gasteiger charge is -2.22. The number of allylic oxidation sites excluding steroid dienone is 2. The first-order valence-electron chi connectivity index (χ1n) is 7.40. The van der Waals surface area contributed by atoms with Crippen LogP contribution in [0.5, 0.6) is 0 Å². The highest BCUT2D eigenvalue weighted by molar-refractivity contribution is 6.33. The van der Waals surface area contributed by atoms with Gasteiger partial charge in [0.1, 0.15) is 0 Å². The molecule has 22 heavy (non-hydrogen) atoms. The molecule has 3 rings (SSSR count). The Labute approximate surface area is 135 Å². The minimum absolute atomic E-state index is 0.639. The number of nitrogens with two attached hydrogens (primary N) is 1. The zero-order valence-corrected chi connectivity index (χ0v) is 13.3. The minimum Gasteiger partial charge on any atom is -0.399 e. The summed E-state index contributed by atoms with van der Waals surface area (Å²) >= 11 is 6.27. The molecule has 0 unspecified atom stereocenters. The van der Waals surface area contributed by atoms with Gasteiger partial charge in [0, 0.05) is 42.3 Å². The summed E-state index contributed by atoms with van der Waals surface area (Å²) in [6.45, 7) is 4.18. The lowest BCUT2D eigenvalue weighted by atomic mass is 10.1. The van der Waals surface area contributed by atoms with Crippen molar-refractivity contribution < 1.29 is 0 Å². The Morgan fingerprint density at radius 2 is 2.23 bits per heavy atom. The normalized spacial score (nSPS) is 14.3. The van der Waals surface area contributed by atoms with Crippen molar-refractivity contribution in [3.8, 4) is 11.1 Å². The number of hydrogen-bond acceptors (Lipinski definition) is 3. The van der Waals surface area contributed by atoms with E-state index in [0.29, 0.717) is 10.7 Å². The van der Waals surface area contributed by atoms with Crippen molar-refractivity contribution in [1.82, 2.24) is 14.7 Å². The van der Waals surface area contributed by atoms with E-state index in [1.165, 1.54) is 0 Å².